The first-order valence-electron chi connectivity index (χ1n) is 6.19. The molecule has 1 saturated carbocycles. The Labute approximate surface area is 96.5 Å². The van der Waals surface area contributed by atoms with E-state index in [0.717, 1.165) is 12.2 Å². The first-order valence-corrected chi connectivity index (χ1v) is 6.19. The second kappa shape index (κ2) is 5.28. The van der Waals surface area contributed by atoms with E-state index in [-0.39, 0.29) is 5.95 Å². The lowest BCUT2D eigenvalue weighted by molar-refractivity contribution is 0.417. The zero-order valence-corrected chi connectivity index (χ0v) is 9.82. The number of nitrogens with zero attached hydrogens (tertiary/aromatic N) is 2. The van der Waals surface area contributed by atoms with Crippen LogP contribution in [0.5, 0.6) is 0 Å². The van der Waals surface area contributed by atoms with Crippen LogP contribution in [0.2, 0.25) is 0 Å². The molecule has 0 atom stereocenters. The van der Waals surface area contributed by atoms with Crippen LogP contribution >= 0.6 is 0 Å². The molecule has 1 heterocycles. The second-order valence-corrected chi connectivity index (χ2v) is 4.41. The number of hydrogen-bond donors (Lipinski definition) is 0. The van der Waals surface area contributed by atoms with E-state index >= 15 is 0 Å². The Kier molecular flexibility index (Phi) is 3.75. The molecule has 0 radical (unpaired) electrons. The Bertz CT molecular complexity index is 334. The van der Waals surface area contributed by atoms with Gasteiger partial charge in [-0.25, -0.2) is 4.98 Å². The molecule has 3 heteroatoms. The van der Waals surface area contributed by atoms with Crippen molar-refractivity contribution >= 4 is 5.69 Å². The number of halogens is 1. The van der Waals surface area contributed by atoms with Crippen LogP contribution in [-0.4, -0.2) is 17.6 Å². The molecule has 1 aromatic rings. The van der Waals surface area contributed by atoms with Crippen molar-refractivity contribution in [2.45, 2.75) is 45.1 Å². The lowest BCUT2D eigenvalue weighted by Gasteiger charge is -2.35. The summed E-state index contributed by atoms with van der Waals surface area (Å²) < 4.78 is 13.1. The Morgan fingerprint density at radius 3 is 2.75 bits per heavy atom. The average Bonchev–Trinajstić information content (AvgIpc) is 2.31. The van der Waals surface area contributed by atoms with E-state index in [2.05, 4.69) is 16.8 Å². The third kappa shape index (κ3) is 2.52. The number of rotatable bonds is 3. The quantitative estimate of drug-likeness (QED) is 0.729. The summed E-state index contributed by atoms with van der Waals surface area (Å²) in [5, 5.41) is 0. The number of aromatic nitrogens is 1. The van der Waals surface area contributed by atoms with E-state index < -0.39 is 0 Å². The largest absolute Gasteiger partial charge is 0.369 e. The molecule has 0 saturated heterocycles. The fourth-order valence-electron chi connectivity index (χ4n) is 2.62. The average molecular weight is 222 g/mol. The molecule has 1 aliphatic carbocycles. The molecular weight excluding hydrogens is 203 g/mol. The highest BCUT2D eigenvalue weighted by atomic mass is 19.1. The Morgan fingerprint density at radius 2 is 2.12 bits per heavy atom. The molecule has 0 aromatic carbocycles. The van der Waals surface area contributed by atoms with Crippen molar-refractivity contribution in [1.29, 1.82) is 0 Å². The summed E-state index contributed by atoms with van der Waals surface area (Å²) in [5.41, 5.74) is 0.974. The van der Waals surface area contributed by atoms with Gasteiger partial charge in [0.1, 0.15) is 0 Å². The maximum absolute atomic E-state index is 13.1. The topological polar surface area (TPSA) is 16.1 Å². The second-order valence-electron chi connectivity index (χ2n) is 4.41. The van der Waals surface area contributed by atoms with Gasteiger partial charge < -0.3 is 4.90 Å². The summed E-state index contributed by atoms with van der Waals surface area (Å²) in [6.45, 7) is 3.07. The van der Waals surface area contributed by atoms with Crippen LogP contribution in [0.4, 0.5) is 10.1 Å². The van der Waals surface area contributed by atoms with Crippen molar-refractivity contribution in [2.75, 3.05) is 11.4 Å². The highest BCUT2D eigenvalue weighted by Crippen LogP contribution is 2.26. The van der Waals surface area contributed by atoms with Gasteiger partial charge in [-0.2, -0.15) is 4.39 Å². The van der Waals surface area contributed by atoms with E-state index in [1.165, 1.54) is 38.2 Å². The standard InChI is InChI=1S/C13H19FN2/c1-2-16(11-6-4-3-5-7-11)12-8-9-15-13(14)10-12/h8-11H,2-7H2,1H3. The van der Waals surface area contributed by atoms with Gasteiger partial charge in [0.2, 0.25) is 5.95 Å². The van der Waals surface area contributed by atoms with Crippen molar-refractivity contribution in [1.82, 2.24) is 4.98 Å². The number of hydrogen-bond acceptors (Lipinski definition) is 2. The van der Waals surface area contributed by atoms with Gasteiger partial charge in [-0.1, -0.05) is 19.3 Å². The van der Waals surface area contributed by atoms with Crippen molar-refractivity contribution < 1.29 is 4.39 Å². The van der Waals surface area contributed by atoms with E-state index in [1.54, 1.807) is 6.20 Å². The zero-order chi connectivity index (χ0) is 11.4. The maximum atomic E-state index is 13.1. The smallest absolute Gasteiger partial charge is 0.214 e. The summed E-state index contributed by atoms with van der Waals surface area (Å²) in [6.07, 6.45) is 7.97. The molecule has 0 aliphatic heterocycles. The summed E-state index contributed by atoms with van der Waals surface area (Å²) in [4.78, 5) is 5.92. The fourth-order valence-corrected chi connectivity index (χ4v) is 2.62. The van der Waals surface area contributed by atoms with E-state index in [1.807, 2.05) is 6.07 Å². The van der Waals surface area contributed by atoms with Gasteiger partial charge >= 0.3 is 0 Å². The number of anilines is 1. The van der Waals surface area contributed by atoms with Crippen LogP contribution in [0.15, 0.2) is 18.3 Å². The molecule has 1 aromatic heterocycles. The molecular formula is C13H19FN2. The predicted octanol–water partition coefficient (Wildman–Crippen LogP) is 3.38. The van der Waals surface area contributed by atoms with Gasteiger partial charge in [-0.3, -0.25) is 0 Å². The monoisotopic (exact) mass is 222 g/mol. The minimum absolute atomic E-state index is 0.383. The first-order chi connectivity index (χ1) is 7.81. The normalized spacial score (nSPS) is 17.4. The molecule has 0 amide bonds. The van der Waals surface area contributed by atoms with Crippen LogP contribution in [-0.2, 0) is 0 Å². The Morgan fingerprint density at radius 1 is 1.38 bits per heavy atom. The molecule has 0 N–H and O–H groups in total. The van der Waals surface area contributed by atoms with Crippen LogP contribution in [0.1, 0.15) is 39.0 Å². The van der Waals surface area contributed by atoms with Gasteiger partial charge in [0.05, 0.1) is 0 Å². The van der Waals surface area contributed by atoms with E-state index in [0.29, 0.717) is 6.04 Å². The molecule has 16 heavy (non-hydrogen) atoms. The van der Waals surface area contributed by atoms with Crippen molar-refractivity contribution in [3.05, 3.63) is 24.3 Å². The fraction of sp³-hybridized carbons (Fsp3) is 0.615. The van der Waals surface area contributed by atoms with Crippen molar-refractivity contribution in [3.8, 4) is 0 Å². The third-order valence-electron chi connectivity index (χ3n) is 3.40. The lowest BCUT2D eigenvalue weighted by atomic mass is 9.94. The van der Waals surface area contributed by atoms with Crippen LogP contribution in [0.3, 0.4) is 0 Å². The van der Waals surface area contributed by atoms with Crippen LogP contribution in [0, 0.1) is 5.95 Å². The highest BCUT2D eigenvalue weighted by molar-refractivity contribution is 5.46. The molecule has 88 valence electrons. The Hall–Kier alpha value is -1.12. The van der Waals surface area contributed by atoms with Crippen LogP contribution in [0.25, 0.3) is 0 Å². The minimum atomic E-state index is -0.383. The third-order valence-corrected chi connectivity index (χ3v) is 3.40. The zero-order valence-electron chi connectivity index (χ0n) is 9.82. The molecule has 0 unspecified atom stereocenters. The van der Waals surface area contributed by atoms with Gasteiger partial charge in [0, 0.05) is 30.5 Å². The maximum Gasteiger partial charge on any atom is 0.214 e. The molecule has 1 fully saturated rings. The lowest BCUT2D eigenvalue weighted by Crippen LogP contribution is -2.36. The minimum Gasteiger partial charge on any atom is -0.369 e. The Balaban J connectivity index is 2.14. The number of pyridine rings is 1. The van der Waals surface area contributed by atoms with Crippen molar-refractivity contribution in [2.24, 2.45) is 0 Å². The molecule has 0 spiro atoms. The van der Waals surface area contributed by atoms with Gasteiger partial charge in [-0.05, 0) is 25.8 Å². The molecule has 0 bridgehead atoms. The van der Waals surface area contributed by atoms with Gasteiger partial charge in [-0.15, -0.1) is 0 Å². The van der Waals surface area contributed by atoms with E-state index in [4.69, 9.17) is 0 Å². The SMILES string of the molecule is CCN(c1ccnc(F)c1)C1CCCCC1. The molecule has 2 rings (SSSR count). The van der Waals surface area contributed by atoms with Gasteiger partial charge in [0.15, 0.2) is 0 Å². The predicted molar refractivity (Wildman–Crippen MR) is 64.1 cm³/mol. The van der Waals surface area contributed by atoms with Crippen molar-refractivity contribution in [3.63, 3.8) is 0 Å². The van der Waals surface area contributed by atoms with Crippen LogP contribution < -0.4 is 4.90 Å². The highest BCUT2D eigenvalue weighted by Gasteiger charge is 2.20. The first kappa shape index (κ1) is 11.4. The summed E-state index contributed by atoms with van der Waals surface area (Å²) >= 11 is 0. The summed E-state index contributed by atoms with van der Waals surface area (Å²) in [5.74, 6) is -0.383. The summed E-state index contributed by atoms with van der Waals surface area (Å²) in [7, 11) is 0. The van der Waals surface area contributed by atoms with Gasteiger partial charge in [0.25, 0.3) is 0 Å². The molecule has 1 aliphatic rings. The summed E-state index contributed by atoms with van der Waals surface area (Å²) in [6, 6.07) is 4.03. The van der Waals surface area contributed by atoms with E-state index in [9.17, 15) is 4.39 Å². The molecule has 2 nitrogen and oxygen atoms in total.